The van der Waals surface area contributed by atoms with Gasteiger partial charge in [0.05, 0.1) is 10.2 Å². The average Bonchev–Trinajstić information content (AvgIpc) is 2.89. The molecular formula is C16H15N3O2S. The lowest BCUT2D eigenvalue weighted by molar-refractivity contribution is 0.230. The Hall–Kier alpha value is -2.60. The smallest absolute Gasteiger partial charge is 0.321 e. The van der Waals surface area contributed by atoms with Crippen LogP contribution in [0.25, 0.3) is 10.2 Å². The summed E-state index contributed by atoms with van der Waals surface area (Å²) >= 11 is 1.49. The summed E-state index contributed by atoms with van der Waals surface area (Å²) in [5.41, 5.74) is 1.59. The van der Waals surface area contributed by atoms with E-state index in [0.717, 1.165) is 10.2 Å². The highest BCUT2D eigenvalue weighted by Crippen LogP contribution is 2.31. The third-order valence-electron chi connectivity index (χ3n) is 2.97. The molecule has 0 aliphatic rings. The van der Waals surface area contributed by atoms with Gasteiger partial charge < -0.3 is 15.0 Å². The summed E-state index contributed by atoms with van der Waals surface area (Å²) in [4.78, 5) is 17.6. The molecule has 0 aliphatic carbocycles. The first-order valence-corrected chi connectivity index (χ1v) is 7.55. The molecule has 0 saturated heterocycles. The molecule has 0 bridgehead atoms. The van der Waals surface area contributed by atoms with Crippen molar-refractivity contribution in [3.05, 3.63) is 48.5 Å². The van der Waals surface area contributed by atoms with Gasteiger partial charge in [-0.3, -0.25) is 0 Å². The molecule has 0 atom stereocenters. The molecule has 0 aliphatic heterocycles. The maximum Gasteiger partial charge on any atom is 0.321 e. The number of carbonyl (C=O) groups excluding carboxylic acids is 1. The van der Waals surface area contributed by atoms with Crippen molar-refractivity contribution < 1.29 is 9.53 Å². The molecule has 1 aromatic heterocycles. The van der Waals surface area contributed by atoms with Gasteiger partial charge in [0.15, 0.2) is 0 Å². The van der Waals surface area contributed by atoms with E-state index < -0.39 is 0 Å². The van der Waals surface area contributed by atoms with Crippen molar-refractivity contribution in [2.24, 2.45) is 0 Å². The first-order valence-electron chi connectivity index (χ1n) is 6.73. The molecule has 0 radical (unpaired) electrons. The van der Waals surface area contributed by atoms with Crippen molar-refractivity contribution in [3.63, 3.8) is 0 Å². The SMILES string of the molecule is CN(C)C(=O)Nc1cccc(Oc2nc3ccccc3s2)c1. The van der Waals surface area contributed by atoms with Gasteiger partial charge in [0.25, 0.3) is 5.19 Å². The standard InChI is InChI=1S/C16H15N3O2S/c1-19(2)15(20)17-11-6-5-7-12(10-11)21-16-18-13-8-3-4-9-14(13)22-16/h3-10H,1-2H3,(H,17,20). The highest BCUT2D eigenvalue weighted by Gasteiger charge is 2.08. The maximum atomic E-state index is 11.7. The van der Waals surface area contributed by atoms with Gasteiger partial charge in [-0.1, -0.05) is 29.5 Å². The topological polar surface area (TPSA) is 54.5 Å². The van der Waals surface area contributed by atoms with Crippen LogP contribution in [-0.4, -0.2) is 30.0 Å². The zero-order valence-corrected chi connectivity index (χ0v) is 13.1. The van der Waals surface area contributed by atoms with E-state index in [1.54, 1.807) is 20.2 Å². The zero-order valence-electron chi connectivity index (χ0n) is 12.2. The minimum Gasteiger partial charge on any atom is -0.431 e. The minimum atomic E-state index is -0.183. The van der Waals surface area contributed by atoms with Gasteiger partial charge in [-0.2, -0.15) is 0 Å². The molecule has 0 spiro atoms. The van der Waals surface area contributed by atoms with E-state index in [9.17, 15) is 4.79 Å². The third kappa shape index (κ3) is 3.17. The molecule has 3 aromatic rings. The van der Waals surface area contributed by atoms with Crippen molar-refractivity contribution in [2.75, 3.05) is 19.4 Å². The van der Waals surface area contributed by atoms with Crippen LogP contribution in [0.1, 0.15) is 0 Å². The van der Waals surface area contributed by atoms with Gasteiger partial charge in [-0.05, 0) is 24.3 Å². The lowest BCUT2D eigenvalue weighted by Crippen LogP contribution is -2.27. The van der Waals surface area contributed by atoms with Crippen molar-refractivity contribution >= 4 is 33.3 Å². The van der Waals surface area contributed by atoms with Crippen molar-refractivity contribution in [1.82, 2.24) is 9.88 Å². The number of nitrogens with zero attached hydrogens (tertiary/aromatic N) is 2. The van der Waals surface area contributed by atoms with Gasteiger partial charge in [0.1, 0.15) is 5.75 Å². The van der Waals surface area contributed by atoms with Gasteiger partial charge in [0.2, 0.25) is 0 Å². The summed E-state index contributed by atoms with van der Waals surface area (Å²) in [6.45, 7) is 0. The quantitative estimate of drug-likeness (QED) is 0.789. The summed E-state index contributed by atoms with van der Waals surface area (Å²) < 4.78 is 6.87. The van der Waals surface area contributed by atoms with Crippen LogP contribution in [0.15, 0.2) is 48.5 Å². The van der Waals surface area contributed by atoms with E-state index >= 15 is 0 Å². The Morgan fingerprint density at radius 2 is 2.00 bits per heavy atom. The van der Waals surface area contributed by atoms with E-state index in [0.29, 0.717) is 16.6 Å². The molecule has 1 N–H and O–H groups in total. The first-order chi connectivity index (χ1) is 10.6. The normalized spacial score (nSPS) is 10.5. The number of para-hydroxylation sites is 1. The molecule has 5 nitrogen and oxygen atoms in total. The Morgan fingerprint density at radius 1 is 1.18 bits per heavy atom. The largest absolute Gasteiger partial charge is 0.431 e. The first kappa shape index (κ1) is 14.3. The number of rotatable bonds is 3. The molecule has 3 rings (SSSR count). The average molecular weight is 313 g/mol. The molecule has 112 valence electrons. The van der Waals surface area contributed by atoms with Crippen molar-refractivity contribution in [1.29, 1.82) is 0 Å². The molecule has 0 unspecified atom stereocenters. The van der Waals surface area contributed by atoms with Gasteiger partial charge in [0, 0.05) is 25.8 Å². The Labute approximate surface area is 132 Å². The number of fused-ring (bicyclic) bond motifs is 1. The lowest BCUT2D eigenvalue weighted by Gasteiger charge is -2.12. The number of hydrogen-bond donors (Lipinski definition) is 1. The highest BCUT2D eigenvalue weighted by molar-refractivity contribution is 7.20. The van der Waals surface area contributed by atoms with E-state index in [-0.39, 0.29) is 6.03 Å². The summed E-state index contributed by atoms with van der Waals surface area (Å²) in [6, 6.07) is 14.9. The number of carbonyl (C=O) groups is 1. The van der Waals surface area contributed by atoms with E-state index in [1.807, 2.05) is 42.5 Å². The number of aromatic nitrogens is 1. The minimum absolute atomic E-state index is 0.183. The molecule has 2 aromatic carbocycles. The summed E-state index contributed by atoms with van der Waals surface area (Å²) in [7, 11) is 3.38. The lowest BCUT2D eigenvalue weighted by atomic mass is 10.3. The van der Waals surface area contributed by atoms with E-state index in [4.69, 9.17) is 4.74 Å². The Kier molecular flexibility index (Phi) is 3.93. The van der Waals surface area contributed by atoms with E-state index in [1.165, 1.54) is 16.2 Å². The van der Waals surface area contributed by atoms with Crippen LogP contribution in [0.4, 0.5) is 10.5 Å². The fraction of sp³-hybridized carbons (Fsp3) is 0.125. The molecular weight excluding hydrogens is 298 g/mol. The van der Waals surface area contributed by atoms with Gasteiger partial charge in [-0.15, -0.1) is 0 Å². The maximum absolute atomic E-state index is 11.7. The van der Waals surface area contributed by atoms with Crippen molar-refractivity contribution in [2.45, 2.75) is 0 Å². The van der Waals surface area contributed by atoms with Crippen LogP contribution in [0.5, 0.6) is 10.9 Å². The van der Waals surface area contributed by atoms with Gasteiger partial charge >= 0.3 is 6.03 Å². The van der Waals surface area contributed by atoms with Crippen LogP contribution in [0.3, 0.4) is 0 Å². The van der Waals surface area contributed by atoms with Crippen LogP contribution >= 0.6 is 11.3 Å². The van der Waals surface area contributed by atoms with Crippen LogP contribution < -0.4 is 10.1 Å². The van der Waals surface area contributed by atoms with Crippen LogP contribution in [0.2, 0.25) is 0 Å². The number of amides is 2. The number of thiazole rings is 1. The number of hydrogen-bond acceptors (Lipinski definition) is 4. The zero-order chi connectivity index (χ0) is 15.5. The summed E-state index contributed by atoms with van der Waals surface area (Å²) in [5.74, 6) is 0.635. The fourth-order valence-electron chi connectivity index (χ4n) is 1.87. The monoisotopic (exact) mass is 313 g/mol. The highest BCUT2D eigenvalue weighted by atomic mass is 32.1. The fourth-order valence-corrected chi connectivity index (χ4v) is 2.70. The second-order valence-electron chi connectivity index (χ2n) is 4.90. The molecule has 22 heavy (non-hydrogen) atoms. The third-order valence-corrected chi connectivity index (χ3v) is 3.89. The molecule has 0 fully saturated rings. The Morgan fingerprint density at radius 3 is 2.77 bits per heavy atom. The number of ether oxygens (including phenoxy) is 1. The summed E-state index contributed by atoms with van der Waals surface area (Å²) in [5, 5.41) is 3.36. The number of benzene rings is 2. The van der Waals surface area contributed by atoms with Crippen LogP contribution in [0, 0.1) is 0 Å². The number of anilines is 1. The molecule has 1 heterocycles. The number of nitrogens with one attached hydrogen (secondary N) is 1. The Balaban J connectivity index is 1.78. The molecule has 2 amide bonds. The van der Waals surface area contributed by atoms with Crippen molar-refractivity contribution in [3.8, 4) is 10.9 Å². The molecule has 0 saturated carbocycles. The van der Waals surface area contributed by atoms with Gasteiger partial charge in [-0.25, -0.2) is 9.78 Å². The predicted molar refractivity (Wildman–Crippen MR) is 88.8 cm³/mol. The van der Waals surface area contributed by atoms with Crippen LogP contribution in [-0.2, 0) is 0 Å². The molecule has 6 heteroatoms. The Bertz CT molecular complexity index is 781. The second kappa shape index (κ2) is 6.03. The second-order valence-corrected chi connectivity index (χ2v) is 5.90. The number of urea groups is 1. The van der Waals surface area contributed by atoms with E-state index in [2.05, 4.69) is 10.3 Å². The summed E-state index contributed by atoms with van der Waals surface area (Å²) in [6.07, 6.45) is 0. The predicted octanol–water partition coefficient (Wildman–Crippen LogP) is 4.18.